The lowest BCUT2D eigenvalue weighted by molar-refractivity contribution is 0.383. The molecule has 1 aliphatic carbocycles. The van der Waals surface area contributed by atoms with E-state index in [1.54, 1.807) is 6.07 Å². The largest absolute Gasteiger partial charge is 0.352 e. The van der Waals surface area contributed by atoms with Gasteiger partial charge in [0.2, 0.25) is 10.0 Å². The first-order chi connectivity index (χ1) is 12.5. The minimum atomic E-state index is -3.46. The summed E-state index contributed by atoms with van der Waals surface area (Å²) >= 11 is 0. The van der Waals surface area contributed by atoms with E-state index in [9.17, 15) is 12.8 Å². The second-order valence-corrected chi connectivity index (χ2v) is 8.83. The second kappa shape index (κ2) is 6.92. The average Bonchev–Trinajstić information content (AvgIpc) is 3.47. The van der Waals surface area contributed by atoms with E-state index in [4.69, 9.17) is 0 Å². The van der Waals surface area contributed by atoms with Gasteiger partial charge in [0.05, 0.1) is 11.4 Å². The Labute approximate surface area is 152 Å². The molecule has 2 aromatic rings. The van der Waals surface area contributed by atoms with Gasteiger partial charge in [-0.2, -0.15) is 9.40 Å². The van der Waals surface area contributed by atoms with Crippen LogP contribution < -0.4 is 4.90 Å². The summed E-state index contributed by atoms with van der Waals surface area (Å²) in [6.07, 6.45) is 2.38. The third-order valence-electron chi connectivity index (χ3n) is 4.86. The van der Waals surface area contributed by atoms with Crippen molar-refractivity contribution in [1.82, 2.24) is 14.5 Å². The fourth-order valence-electron chi connectivity index (χ4n) is 3.23. The predicted molar refractivity (Wildman–Crippen MR) is 96.8 cm³/mol. The highest BCUT2D eigenvalue weighted by Gasteiger charge is 2.29. The number of nitrogens with zero attached hydrogens (tertiary/aromatic N) is 4. The summed E-state index contributed by atoms with van der Waals surface area (Å²) < 4.78 is 39.9. The van der Waals surface area contributed by atoms with E-state index in [0.717, 1.165) is 11.5 Å². The van der Waals surface area contributed by atoms with Gasteiger partial charge in [-0.05, 0) is 42.7 Å². The minimum absolute atomic E-state index is 0.180. The minimum Gasteiger partial charge on any atom is -0.352 e. The zero-order valence-corrected chi connectivity index (χ0v) is 15.2. The Morgan fingerprint density at radius 2 is 1.81 bits per heavy atom. The van der Waals surface area contributed by atoms with Crippen LogP contribution in [0.5, 0.6) is 0 Å². The van der Waals surface area contributed by atoms with Gasteiger partial charge >= 0.3 is 0 Å². The molecule has 1 saturated heterocycles. The number of rotatable bonds is 5. The number of halogens is 1. The van der Waals surface area contributed by atoms with Crippen LogP contribution >= 0.6 is 0 Å². The standard InChI is InChI=1S/C18H21FN4O2S/c19-16-3-1-2-14(12-16)13-26(24,25)23-10-8-22(9-11-23)18-7-6-17(20-21-18)15-4-5-15/h1-3,6-7,12,15H,4-5,8-11,13H2. The van der Waals surface area contributed by atoms with Crippen molar-refractivity contribution in [2.75, 3.05) is 31.1 Å². The van der Waals surface area contributed by atoms with E-state index in [1.165, 1.54) is 35.3 Å². The topological polar surface area (TPSA) is 66.4 Å². The van der Waals surface area contributed by atoms with E-state index >= 15 is 0 Å². The second-order valence-electron chi connectivity index (χ2n) is 6.86. The van der Waals surface area contributed by atoms with Crippen LogP contribution in [0.15, 0.2) is 36.4 Å². The van der Waals surface area contributed by atoms with Crippen LogP contribution in [-0.2, 0) is 15.8 Å². The van der Waals surface area contributed by atoms with Gasteiger partial charge in [0.15, 0.2) is 5.82 Å². The summed E-state index contributed by atoms with van der Waals surface area (Å²) in [4.78, 5) is 2.05. The van der Waals surface area contributed by atoms with Crippen molar-refractivity contribution in [2.24, 2.45) is 0 Å². The van der Waals surface area contributed by atoms with E-state index in [-0.39, 0.29) is 5.75 Å². The molecule has 0 unspecified atom stereocenters. The highest BCUT2D eigenvalue weighted by Crippen LogP contribution is 2.38. The first-order valence-corrected chi connectivity index (χ1v) is 10.4. The third-order valence-corrected chi connectivity index (χ3v) is 6.71. The van der Waals surface area contributed by atoms with E-state index in [1.807, 2.05) is 12.1 Å². The van der Waals surface area contributed by atoms with Crippen molar-refractivity contribution in [1.29, 1.82) is 0 Å². The van der Waals surface area contributed by atoms with Crippen LogP contribution in [0.25, 0.3) is 0 Å². The van der Waals surface area contributed by atoms with Crippen molar-refractivity contribution in [2.45, 2.75) is 24.5 Å². The molecule has 138 valence electrons. The monoisotopic (exact) mass is 376 g/mol. The maximum Gasteiger partial charge on any atom is 0.218 e. The zero-order valence-electron chi connectivity index (χ0n) is 14.4. The van der Waals surface area contributed by atoms with Gasteiger partial charge < -0.3 is 4.90 Å². The molecule has 2 fully saturated rings. The number of anilines is 1. The smallest absolute Gasteiger partial charge is 0.218 e. The highest BCUT2D eigenvalue weighted by molar-refractivity contribution is 7.88. The lowest BCUT2D eigenvalue weighted by Gasteiger charge is -2.34. The fourth-order valence-corrected chi connectivity index (χ4v) is 4.73. The summed E-state index contributed by atoms with van der Waals surface area (Å²) in [6.45, 7) is 1.92. The van der Waals surface area contributed by atoms with Gasteiger partial charge in [0.1, 0.15) is 5.82 Å². The van der Waals surface area contributed by atoms with Crippen molar-refractivity contribution in [3.63, 3.8) is 0 Å². The molecule has 1 aliphatic heterocycles. The maximum absolute atomic E-state index is 13.3. The molecule has 0 atom stereocenters. The van der Waals surface area contributed by atoms with Crippen LogP contribution in [0.1, 0.15) is 30.0 Å². The number of benzene rings is 1. The Bertz CT molecular complexity index is 876. The zero-order chi connectivity index (χ0) is 18.1. The van der Waals surface area contributed by atoms with Gasteiger partial charge in [0.25, 0.3) is 0 Å². The Morgan fingerprint density at radius 1 is 1.04 bits per heavy atom. The molecular formula is C18H21FN4O2S. The molecule has 0 N–H and O–H groups in total. The molecule has 26 heavy (non-hydrogen) atoms. The molecule has 6 nitrogen and oxygen atoms in total. The van der Waals surface area contributed by atoms with E-state index in [2.05, 4.69) is 15.1 Å². The van der Waals surface area contributed by atoms with Crippen LogP contribution in [-0.4, -0.2) is 49.1 Å². The molecule has 1 saturated carbocycles. The Balaban J connectivity index is 1.37. The lowest BCUT2D eigenvalue weighted by atomic mass is 10.2. The molecule has 0 radical (unpaired) electrons. The van der Waals surface area contributed by atoms with Gasteiger partial charge in [-0.1, -0.05) is 12.1 Å². The van der Waals surface area contributed by atoms with Crippen molar-refractivity contribution >= 4 is 15.8 Å². The van der Waals surface area contributed by atoms with Gasteiger partial charge in [0, 0.05) is 32.1 Å². The maximum atomic E-state index is 13.3. The molecule has 0 bridgehead atoms. The van der Waals surface area contributed by atoms with Crippen LogP contribution in [0.4, 0.5) is 10.2 Å². The Kier molecular flexibility index (Phi) is 4.62. The number of piperazine rings is 1. The molecule has 0 amide bonds. The Hall–Kier alpha value is -2.06. The van der Waals surface area contributed by atoms with Gasteiger partial charge in [-0.15, -0.1) is 5.10 Å². The fraction of sp³-hybridized carbons (Fsp3) is 0.444. The normalized spacial score (nSPS) is 18.9. The highest BCUT2D eigenvalue weighted by atomic mass is 32.2. The number of hydrogen-bond acceptors (Lipinski definition) is 5. The van der Waals surface area contributed by atoms with Gasteiger partial charge in [-0.25, -0.2) is 12.8 Å². The number of hydrogen-bond donors (Lipinski definition) is 0. The third kappa shape index (κ3) is 3.86. The Morgan fingerprint density at radius 3 is 2.42 bits per heavy atom. The number of sulfonamides is 1. The molecular weight excluding hydrogens is 355 g/mol. The van der Waals surface area contributed by atoms with Gasteiger partial charge in [-0.3, -0.25) is 0 Å². The molecule has 2 heterocycles. The first kappa shape index (κ1) is 17.4. The summed E-state index contributed by atoms with van der Waals surface area (Å²) in [5.41, 5.74) is 1.51. The molecule has 2 aliphatic rings. The predicted octanol–water partition coefficient (Wildman–Crippen LogP) is 2.15. The first-order valence-electron chi connectivity index (χ1n) is 8.82. The SMILES string of the molecule is O=S(=O)(Cc1cccc(F)c1)N1CCN(c2ccc(C3CC3)nn2)CC1. The van der Waals surface area contributed by atoms with Crippen molar-refractivity contribution < 1.29 is 12.8 Å². The molecule has 0 spiro atoms. The van der Waals surface area contributed by atoms with Crippen molar-refractivity contribution in [3.8, 4) is 0 Å². The average molecular weight is 376 g/mol. The molecule has 1 aromatic heterocycles. The van der Waals surface area contributed by atoms with Crippen LogP contribution in [0, 0.1) is 5.82 Å². The quantitative estimate of drug-likeness (QED) is 0.800. The lowest BCUT2D eigenvalue weighted by Crippen LogP contribution is -2.49. The van der Waals surface area contributed by atoms with Crippen LogP contribution in [0.3, 0.4) is 0 Å². The molecule has 8 heteroatoms. The summed E-state index contributed by atoms with van der Waals surface area (Å²) in [7, 11) is -3.46. The molecule has 1 aromatic carbocycles. The van der Waals surface area contributed by atoms with E-state index in [0.29, 0.717) is 37.7 Å². The summed E-state index contributed by atoms with van der Waals surface area (Å²) in [6, 6.07) is 9.73. The molecule has 4 rings (SSSR count). The van der Waals surface area contributed by atoms with Crippen molar-refractivity contribution in [3.05, 3.63) is 53.5 Å². The van der Waals surface area contributed by atoms with Crippen LogP contribution in [0.2, 0.25) is 0 Å². The number of aromatic nitrogens is 2. The summed E-state index contributed by atoms with van der Waals surface area (Å²) in [5.74, 6) is 0.759. The van der Waals surface area contributed by atoms with E-state index < -0.39 is 15.8 Å². The summed E-state index contributed by atoms with van der Waals surface area (Å²) in [5, 5.41) is 8.58.